The van der Waals surface area contributed by atoms with Crippen LogP contribution in [0.2, 0.25) is 0 Å². The molecule has 48 heavy (non-hydrogen) atoms. The van der Waals surface area contributed by atoms with Crippen LogP contribution in [0, 0.1) is 5.82 Å². The maximum Gasteiger partial charge on any atom is 0.272 e. The Morgan fingerprint density at radius 1 is 0.833 bits per heavy atom. The van der Waals surface area contributed by atoms with Crippen molar-refractivity contribution in [3.8, 4) is 11.4 Å². The van der Waals surface area contributed by atoms with E-state index < -0.39 is 5.82 Å². The lowest BCUT2D eigenvalue weighted by atomic mass is 10.0. The van der Waals surface area contributed by atoms with Gasteiger partial charge in [0.05, 0.1) is 41.6 Å². The van der Waals surface area contributed by atoms with Gasteiger partial charge in [-0.05, 0) is 29.8 Å². The third kappa shape index (κ3) is 5.70. The van der Waals surface area contributed by atoms with Gasteiger partial charge in [0.2, 0.25) is 11.9 Å². The van der Waals surface area contributed by atoms with E-state index in [-0.39, 0.29) is 17.0 Å². The Morgan fingerprint density at radius 3 is 2.38 bits per heavy atom. The van der Waals surface area contributed by atoms with Crippen LogP contribution in [0.1, 0.15) is 21.6 Å². The maximum atomic E-state index is 15.1. The van der Waals surface area contributed by atoms with Gasteiger partial charge in [0.15, 0.2) is 5.82 Å². The fourth-order valence-corrected chi connectivity index (χ4v) is 6.23. The van der Waals surface area contributed by atoms with Crippen LogP contribution in [0.25, 0.3) is 33.1 Å². The van der Waals surface area contributed by atoms with Gasteiger partial charge in [-0.1, -0.05) is 36.4 Å². The number of halogens is 1. The molecule has 8 rings (SSSR count). The molecular formula is C34H31FN10O3. The Kier molecular flexibility index (Phi) is 7.68. The molecule has 2 saturated heterocycles. The van der Waals surface area contributed by atoms with Crippen LogP contribution >= 0.6 is 0 Å². The molecule has 13 nitrogen and oxygen atoms in total. The third-order valence-electron chi connectivity index (χ3n) is 8.86. The van der Waals surface area contributed by atoms with Gasteiger partial charge in [-0.15, -0.1) is 0 Å². The molecular weight excluding hydrogens is 615 g/mol. The number of morpholine rings is 1. The lowest BCUT2D eigenvalue weighted by molar-refractivity contribution is 0.0741. The number of H-pyrrole nitrogens is 2. The number of nitrogens with one attached hydrogen (secondary N) is 2. The van der Waals surface area contributed by atoms with Gasteiger partial charge in [0, 0.05) is 62.0 Å². The number of nitrogens with zero attached hydrogens (tertiary/aromatic N) is 8. The number of ether oxygens (including phenoxy) is 1. The molecule has 5 heterocycles. The van der Waals surface area contributed by atoms with Crippen molar-refractivity contribution in [2.24, 2.45) is 0 Å². The van der Waals surface area contributed by atoms with Crippen LogP contribution in [0.5, 0.6) is 0 Å². The summed E-state index contributed by atoms with van der Waals surface area (Å²) in [6.45, 7) is 4.18. The highest BCUT2D eigenvalue weighted by Gasteiger charge is 2.27. The van der Waals surface area contributed by atoms with E-state index >= 15 is 4.39 Å². The third-order valence-corrected chi connectivity index (χ3v) is 8.86. The molecule has 242 valence electrons. The van der Waals surface area contributed by atoms with Crippen LogP contribution in [0.4, 0.5) is 16.3 Å². The lowest BCUT2D eigenvalue weighted by Gasteiger charge is -2.35. The van der Waals surface area contributed by atoms with Crippen molar-refractivity contribution < 1.29 is 13.9 Å². The number of carbonyl (C=O) groups is 1. The minimum Gasteiger partial charge on any atom is -0.378 e. The molecule has 0 atom stereocenters. The second-order valence-electron chi connectivity index (χ2n) is 11.8. The van der Waals surface area contributed by atoms with E-state index in [0.29, 0.717) is 93.3 Å². The quantitative estimate of drug-likeness (QED) is 0.276. The summed E-state index contributed by atoms with van der Waals surface area (Å²) in [5.41, 5.74) is 2.80. The number of benzene rings is 3. The average Bonchev–Trinajstić information content (AvgIpc) is 3.62. The molecule has 14 heteroatoms. The first kappa shape index (κ1) is 29.6. The van der Waals surface area contributed by atoms with E-state index in [9.17, 15) is 9.59 Å². The second kappa shape index (κ2) is 12.4. The number of rotatable bonds is 6. The fraction of sp³-hybridized carbons (Fsp3) is 0.265. The summed E-state index contributed by atoms with van der Waals surface area (Å²) in [6.07, 6.45) is 2.09. The van der Waals surface area contributed by atoms with E-state index in [1.165, 1.54) is 6.07 Å². The zero-order valence-electron chi connectivity index (χ0n) is 25.9. The topological polar surface area (TPSA) is 149 Å². The van der Waals surface area contributed by atoms with Crippen molar-refractivity contribution in [3.63, 3.8) is 0 Å². The van der Waals surface area contributed by atoms with Crippen LogP contribution < -0.4 is 15.4 Å². The Labute approximate surface area is 273 Å². The van der Waals surface area contributed by atoms with Crippen molar-refractivity contribution in [1.82, 2.24) is 40.2 Å². The molecule has 2 aliphatic rings. The Morgan fingerprint density at radius 2 is 1.58 bits per heavy atom. The highest BCUT2D eigenvalue weighted by Crippen LogP contribution is 2.26. The first-order valence-corrected chi connectivity index (χ1v) is 15.8. The molecule has 3 aromatic heterocycles. The second-order valence-corrected chi connectivity index (χ2v) is 11.8. The molecule has 2 fully saturated rings. The minimum atomic E-state index is -0.586. The van der Waals surface area contributed by atoms with Crippen molar-refractivity contribution in [2.45, 2.75) is 6.42 Å². The number of amides is 1. The highest BCUT2D eigenvalue weighted by atomic mass is 19.1. The molecule has 0 bridgehead atoms. The zero-order valence-corrected chi connectivity index (χ0v) is 25.9. The van der Waals surface area contributed by atoms with Gasteiger partial charge in [-0.2, -0.15) is 25.1 Å². The number of piperazine rings is 1. The normalized spacial score (nSPS) is 15.4. The van der Waals surface area contributed by atoms with E-state index in [1.807, 2.05) is 35.2 Å². The van der Waals surface area contributed by atoms with Crippen molar-refractivity contribution in [2.75, 3.05) is 62.3 Å². The monoisotopic (exact) mass is 646 g/mol. The Bertz CT molecular complexity index is 2210. The van der Waals surface area contributed by atoms with E-state index in [2.05, 4.69) is 25.3 Å². The highest BCUT2D eigenvalue weighted by molar-refractivity contribution is 5.95. The summed E-state index contributed by atoms with van der Waals surface area (Å²) >= 11 is 0. The Balaban J connectivity index is 1.02. The molecule has 0 aliphatic carbocycles. The van der Waals surface area contributed by atoms with Gasteiger partial charge in [-0.25, -0.2) is 9.49 Å². The maximum absolute atomic E-state index is 15.1. The fourth-order valence-electron chi connectivity index (χ4n) is 6.23. The lowest BCUT2D eigenvalue weighted by Crippen LogP contribution is -2.49. The first-order valence-electron chi connectivity index (χ1n) is 15.8. The van der Waals surface area contributed by atoms with Crippen LogP contribution in [-0.4, -0.2) is 98.6 Å². The minimum absolute atomic E-state index is 0.000861. The first-order chi connectivity index (χ1) is 23.5. The van der Waals surface area contributed by atoms with E-state index in [1.54, 1.807) is 35.4 Å². The summed E-state index contributed by atoms with van der Waals surface area (Å²) in [5.74, 6) is 0.667. The summed E-state index contributed by atoms with van der Waals surface area (Å²) in [5, 5.41) is 16.1. The van der Waals surface area contributed by atoms with E-state index in [4.69, 9.17) is 19.7 Å². The molecule has 6 aromatic rings. The summed E-state index contributed by atoms with van der Waals surface area (Å²) in [7, 11) is 0. The van der Waals surface area contributed by atoms with Gasteiger partial charge in [0.25, 0.3) is 11.5 Å². The molecule has 0 saturated carbocycles. The number of carbonyl (C=O) groups excluding carboxylic acids is 1. The molecule has 3 aromatic carbocycles. The van der Waals surface area contributed by atoms with Crippen LogP contribution in [-0.2, 0) is 11.2 Å². The Hall–Kier alpha value is -5.76. The average molecular weight is 647 g/mol. The molecule has 2 N–H and O–H groups in total. The number of fused-ring (bicyclic) bond motifs is 2. The van der Waals surface area contributed by atoms with Gasteiger partial charge < -0.3 is 19.4 Å². The summed E-state index contributed by atoms with van der Waals surface area (Å²) < 4.78 is 20.6. The number of anilines is 2. The molecule has 0 unspecified atom stereocenters. The van der Waals surface area contributed by atoms with Gasteiger partial charge in [0.1, 0.15) is 5.82 Å². The van der Waals surface area contributed by atoms with Crippen molar-refractivity contribution in [3.05, 3.63) is 99.9 Å². The van der Waals surface area contributed by atoms with Crippen LogP contribution in [0.3, 0.4) is 0 Å². The van der Waals surface area contributed by atoms with Gasteiger partial charge in [-0.3, -0.25) is 14.7 Å². The smallest absolute Gasteiger partial charge is 0.272 e. The summed E-state index contributed by atoms with van der Waals surface area (Å²) in [6, 6.07) is 17.6. The standard InChI is InChI=1S/C34H31FN10O3/c35-27-8-5-21(18-29-24-3-1-2-4-25(24)31(46)42-41-29)17-26(27)32(47)43-9-11-44(12-10-43)33-37-30(22-6-7-23-20-36-40-28(23)19-22)38-34(39-33)45-13-15-48-16-14-45/h1-8,17,19-20H,9-16,18H2,(H,36,40)(H,42,46). The molecule has 0 radical (unpaired) electrons. The predicted octanol–water partition coefficient (Wildman–Crippen LogP) is 3.18. The van der Waals surface area contributed by atoms with Crippen molar-refractivity contribution in [1.29, 1.82) is 0 Å². The molecule has 1 amide bonds. The predicted molar refractivity (Wildman–Crippen MR) is 178 cm³/mol. The number of aromatic nitrogens is 7. The van der Waals surface area contributed by atoms with Crippen LogP contribution in [0.15, 0.2) is 71.7 Å². The van der Waals surface area contributed by atoms with E-state index in [0.717, 1.165) is 21.9 Å². The SMILES string of the molecule is O=C(c1cc(Cc2n[nH]c(=O)c3ccccc23)ccc1F)N1CCN(c2nc(-c3ccc4cn[nH]c4c3)nc(N3CCOCC3)n2)CC1. The van der Waals surface area contributed by atoms with Crippen molar-refractivity contribution >= 4 is 39.5 Å². The number of aromatic amines is 2. The largest absolute Gasteiger partial charge is 0.378 e. The summed E-state index contributed by atoms with van der Waals surface area (Å²) in [4.78, 5) is 46.2. The molecule has 2 aliphatic heterocycles. The number of hydrogen-bond donors (Lipinski definition) is 2. The van der Waals surface area contributed by atoms with Gasteiger partial charge >= 0.3 is 0 Å². The zero-order chi connectivity index (χ0) is 32.6. The number of hydrogen-bond acceptors (Lipinski definition) is 10. The molecule has 0 spiro atoms.